The van der Waals surface area contributed by atoms with Crippen molar-refractivity contribution >= 4 is 0 Å². The van der Waals surface area contributed by atoms with Gasteiger partial charge >= 0.3 is 0 Å². The molecule has 3 aliphatic carbocycles. The second kappa shape index (κ2) is 4.27. The van der Waals surface area contributed by atoms with Crippen molar-refractivity contribution in [2.24, 2.45) is 0 Å². The van der Waals surface area contributed by atoms with Gasteiger partial charge in [0.05, 0.1) is 11.6 Å². The van der Waals surface area contributed by atoms with Crippen LogP contribution in [0.15, 0.2) is 22.9 Å². The van der Waals surface area contributed by atoms with Gasteiger partial charge in [-0.1, -0.05) is 0 Å². The van der Waals surface area contributed by atoms with Crippen LogP contribution in [-0.2, 0) is 12.0 Å². The smallest absolute Gasteiger partial charge is 0.253 e. The Bertz CT molecular complexity index is 662. The van der Waals surface area contributed by atoms with E-state index in [0.717, 1.165) is 36.5 Å². The molecule has 0 aromatic carbocycles. The summed E-state index contributed by atoms with van der Waals surface area (Å²) in [5.41, 5.74) is 1.52. The van der Waals surface area contributed by atoms with Gasteiger partial charge in [-0.2, -0.15) is 0 Å². The van der Waals surface area contributed by atoms with Gasteiger partial charge in [0.15, 0.2) is 6.61 Å². The molecule has 3 fully saturated rings. The molecule has 1 N–H and O–H groups in total. The maximum Gasteiger partial charge on any atom is 0.253 e. The summed E-state index contributed by atoms with van der Waals surface area (Å²) < 4.78 is 11.4. The summed E-state index contributed by atoms with van der Waals surface area (Å²) in [5, 5.41) is 11.7. The van der Waals surface area contributed by atoms with Crippen LogP contribution in [0.3, 0.4) is 0 Å². The molecular formula is C15H18N4O2. The summed E-state index contributed by atoms with van der Waals surface area (Å²) in [6, 6.07) is 1.93. The number of hydrogen-bond acceptors (Lipinski definition) is 6. The van der Waals surface area contributed by atoms with E-state index in [4.69, 9.17) is 9.15 Å². The van der Waals surface area contributed by atoms with Crippen LogP contribution < -0.4 is 10.1 Å². The molecule has 6 heteroatoms. The summed E-state index contributed by atoms with van der Waals surface area (Å²) in [7, 11) is 2.02. The Morgan fingerprint density at radius 2 is 2.10 bits per heavy atom. The van der Waals surface area contributed by atoms with Crippen LogP contribution in [0.2, 0.25) is 0 Å². The third-order valence-corrected chi connectivity index (χ3v) is 4.69. The molecule has 0 aliphatic heterocycles. The lowest BCUT2D eigenvalue weighted by Gasteiger charge is -2.68. The molecule has 3 aliphatic rings. The van der Waals surface area contributed by atoms with E-state index < -0.39 is 0 Å². The first-order chi connectivity index (χ1) is 10.1. The number of hydrogen-bond donors (Lipinski definition) is 1. The molecule has 0 radical (unpaired) electrons. The maximum absolute atomic E-state index is 5.77. The zero-order chi connectivity index (χ0) is 14.5. The van der Waals surface area contributed by atoms with Crippen molar-refractivity contribution in [3.63, 3.8) is 0 Å². The monoisotopic (exact) mass is 286 g/mol. The molecule has 21 heavy (non-hydrogen) atoms. The van der Waals surface area contributed by atoms with Crippen LogP contribution in [0.4, 0.5) is 0 Å². The quantitative estimate of drug-likeness (QED) is 0.902. The standard InChI is InChI=1S/C15H18N4O2/c1-10-3-11(5-17-4-10)20-6-12-18-19-13(21-12)14-7-15(8-14,9-14)16-2/h3-5,16H,6-9H2,1-2H3. The molecule has 0 atom stereocenters. The Kier molecular flexibility index (Phi) is 2.60. The number of pyridine rings is 1. The van der Waals surface area contributed by atoms with Gasteiger partial charge in [0.25, 0.3) is 5.89 Å². The van der Waals surface area contributed by atoms with E-state index in [1.807, 2.05) is 20.0 Å². The van der Waals surface area contributed by atoms with E-state index in [2.05, 4.69) is 20.5 Å². The average molecular weight is 286 g/mol. The van der Waals surface area contributed by atoms with Gasteiger partial charge in [0.2, 0.25) is 5.89 Å². The molecule has 0 unspecified atom stereocenters. The first kappa shape index (κ1) is 12.8. The molecule has 2 heterocycles. The first-order valence-electron chi connectivity index (χ1n) is 7.19. The van der Waals surface area contributed by atoms with Crippen LogP contribution in [0.25, 0.3) is 0 Å². The SMILES string of the molecule is CNC12CC(c3nnc(COc4cncc(C)c4)o3)(C1)C2. The molecule has 110 valence electrons. The van der Waals surface area contributed by atoms with E-state index >= 15 is 0 Å². The molecule has 0 spiro atoms. The van der Waals surface area contributed by atoms with E-state index in [9.17, 15) is 0 Å². The van der Waals surface area contributed by atoms with Crippen LogP contribution in [0, 0.1) is 6.92 Å². The van der Waals surface area contributed by atoms with Gasteiger partial charge in [0, 0.05) is 11.7 Å². The van der Waals surface area contributed by atoms with Crippen molar-refractivity contribution in [1.29, 1.82) is 0 Å². The lowest BCUT2D eigenvalue weighted by molar-refractivity contribution is -0.0995. The summed E-state index contributed by atoms with van der Waals surface area (Å²) >= 11 is 0. The largest absolute Gasteiger partial charge is 0.482 e. The van der Waals surface area contributed by atoms with Crippen molar-refractivity contribution in [1.82, 2.24) is 20.5 Å². The Morgan fingerprint density at radius 1 is 1.29 bits per heavy atom. The fourth-order valence-corrected chi connectivity index (χ4v) is 3.56. The molecule has 0 saturated heterocycles. The summed E-state index contributed by atoms with van der Waals surface area (Å²) in [6.45, 7) is 2.26. The Hall–Kier alpha value is -1.95. The Balaban J connectivity index is 1.40. The molecule has 5 rings (SSSR count). The summed E-state index contributed by atoms with van der Waals surface area (Å²) in [4.78, 5) is 4.09. The van der Waals surface area contributed by atoms with E-state index in [0.29, 0.717) is 11.4 Å². The number of rotatable bonds is 5. The number of nitrogens with one attached hydrogen (secondary N) is 1. The number of nitrogens with zero attached hydrogens (tertiary/aromatic N) is 3. The lowest BCUT2D eigenvalue weighted by Crippen LogP contribution is -2.75. The zero-order valence-electron chi connectivity index (χ0n) is 12.2. The maximum atomic E-state index is 5.77. The Morgan fingerprint density at radius 3 is 2.81 bits per heavy atom. The van der Waals surface area contributed by atoms with Crippen LogP contribution in [-0.4, -0.2) is 27.8 Å². The normalized spacial score (nSPS) is 29.6. The predicted molar refractivity (Wildman–Crippen MR) is 74.9 cm³/mol. The van der Waals surface area contributed by atoms with Gasteiger partial charge in [-0.05, 0) is 44.9 Å². The van der Waals surface area contributed by atoms with Crippen LogP contribution in [0.1, 0.15) is 36.6 Å². The molecular weight excluding hydrogens is 268 g/mol. The van der Waals surface area contributed by atoms with E-state index in [1.54, 1.807) is 12.4 Å². The zero-order valence-corrected chi connectivity index (χ0v) is 12.2. The number of ether oxygens (including phenoxy) is 1. The van der Waals surface area contributed by atoms with Gasteiger partial charge in [-0.15, -0.1) is 10.2 Å². The molecule has 2 aromatic heterocycles. The minimum absolute atomic E-state index is 0.124. The topological polar surface area (TPSA) is 73.1 Å². The summed E-state index contributed by atoms with van der Waals surface area (Å²) in [6.07, 6.45) is 6.77. The second-order valence-corrected chi connectivity index (χ2v) is 6.33. The van der Waals surface area contributed by atoms with Crippen molar-refractivity contribution in [3.05, 3.63) is 35.8 Å². The fourth-order valence-electron chi connectivity index (χ4n) is 3.56. The number of aryl methyl sites for hydroxylation is 1. The second-order valence-electron chi connectivity index (χ2n) is 6.33. The molecule has 0 amide bonds. The highest BCUT2D eigenvalue weighted by molar-refractivity contribution is 5.33. The third kappa shape index (κ3) is 1.93. The first-order valence-corrected chi connectivity index (χ1v) is 7.19. The third-order valence-electron chi connectivity index (χ3n) is 4.69. The van der Waals surface area contributed by atoms with Gasteiger partial charge < -0.3 is 14.5 Å². The van der Waals surface area contributed by atoms with Crippen molar-refractivity contribution in [2.45, 2.75) is 43.7 Å². The van der Waals surface area contributed by atoms with E-state index in [-0.39, 0.29) is 12.0 Å². The highest BCUT2D eigenvalue weighted by Gasteiger charge is 2.70. The average Bonchev–Trinajstić information content (AvgIpc) is 2.83. The lowest BCUT2D eigenvalue weighted by atomic mass is 9.39. The molecule has 3 saturated carbocycles. The minimum Gasteiger partial charge on any atom is -0.482 e. The van der Waals surface area contributed by atoms with Gasteiger partial charge in [-0.25, -0.2) is 0 Å². The summed E-state index contributed by atoms with van der Waals surface area (Å²) in [5.74, 6) is 2.00. The molecule has 6 nitrogen and oxygen atoms in total. The van der Waals surface area contributed by atoms with Crippen molar-refractivity contribution in [3.8, 4) is 5.75 Å². The Labute approximate surface area is 122 Å². The van der Waals surface area contributed by atoms with Crippen molar-refractivity contribution < 1.29 is 9.15 Å². The van der Waals surface area contributed by atoms with Crippen LogP contribution in [0.5, 0.6) is 5.75 Å². The van der Waals surface area contributed by atoms with Gasteiger partial charge in [0.1, 0.15) is 5.75 Å². The van der Waals surface area contributed by atoms with Crippen molar-refractivity contribution in [2.75, 3.05) is 7.05 Å². The predicted octanol–water partition coefficient (Wildman–Crippen LogP) is 1.75. The molecule has 2 bridgehead atoms. The van der Waals surface area contributed by atoms with E-state index in [1.165, 1.54) is 0 Å². The minimum atomic E-state index is 0.124. The van der Waals surface area contributed by atoms with Crippen LogP contribution >= 0.6 is 0 Å². The fraction of sp³-hybridized carbons (Fsp3) is 0.533. The molecule has 2 aromatic rings. The van der Waals surface area contributed by atoms with Gasteiger partial charge in [-0.3, -0.25) is 4.98 Å². The highest BCUT2D eigenvalue weighted by Crippen LogP contribution is 2.67. The number of aromatic nitrogens is 3. The highest BCUT2D eigenvalue weighted by atomic mass is 16.5.